The summed E-state index contributed by atoms with van der Waals surface area (Å²) in [5, 5.41) is 14.7. The van der Waals surface area contributed by atoms with Crippen LogP contribution in [-0.4, -0.2) is 16.8 Å². The second-order valence-corrected chi connectivity index (χ2v) is 6.42. The van der Waals surface area contributed by atoms with Gasteiger partial charge in [-0.05, 0) is 65.4 Å². The van der Waals surface area contributed by atoms with E-state index in [1.165, 1.54) is 0 Å². The molecule has 108 valence electrons. The molecule has 0 fully saturated rings. The highest BCUT2D eigenvalue weighted by atomic mass is 127. The molecule has 2 N–H and O–H groups in total. The zero-order chi connectivity index (χ0) is 15.4. The molecule has 4 nitrogen and oxygen atoms in total. The van der Waals surface area contributed by atoms with E-state index in [4.69, 9.17) is 5.21 Å². The minimum absolute atomic E-state index is 0.166. The summed E-state index contributed by atoms with van der Waals surface area (Å²) in [6.45, 7) is 1.71. The number of amides is 1. The number of benzene rings is 2. The predicted octanol–water partition coefficient (Wildman–Crippen LogP) is 4.50. The van der Waals surface area contributed by atoms with Crippen molar-refractivity contribution in [2.45, 2.75) is 6.92 Å². The van der Waals surface area contributed by atoms with Crippen LogP contribution in [0.1, 0.15) is 22.8 Å². The predicted molar refractivity (Wildman–Crippen MR) is 95.3 cm³/mol. The maximum atomic E-state index is 12.3. The molecule has 0 aromatic heterocycles. The van der Waals surface area contributed by atoms with E-state index in [1.54, 1.807) is 37.3 Å². The second kappa shape index (κ2) is 7.04. The third-order valence-corrected chi connectivity index (χ3v) is 4.32. The van der Waals surface area contributed by atoms with Crippen molar-refractivity contribution in [3.8, 4) is 0 Å². The molecule has 0 radical (unpaired) electrons. The maximum absolute atomic E-state index is 12.3. The van der Waals surface area contributed by atoms with Crippen molar-refractivity contribution >= 4 is 55.8 Å². The van der Waals surface area contributed by atoms with E-state index in [1.807, 2.05) is 12.1 Å². The van der Waals surface area contributed by atoms with Crippen molar-refractivity contribution in [1.82, 2.24) is 0 Å². The van der Waals surface area contributed by atoms with Crippen LogP contribution in [0.5, 0.6) is 0 Å². The Morgan fingerprint density at radius 2 is 1.90 bits per heavy atom. The van der Waals surface area contributed by atoms with Gasteiger partial charge in [0.15, 0.2) is 0 Å². The molecule has 2 aromatic rings. The summed E-state index contributed by atoms with van der Waals surface area (Å²) >= 11 is 5.49. The molecule has 21 heavy (non-hydrogen) atoms. The Labute approximate surface area is 144 Å². The maximum Gasteiger partial charge on any atom is 0.256 e. The standard InChI is InChI=1S/C15H12BrIN2O2/c1-9(19-21)10-2-5-12(6-3-10)18-15(20)13-8-11(16)4-7-14(13)17/h2-8,21H,1H3,(H,18,20)/b19-9-. The Kier molecular flexibility index (Phi) is 5.35. The lowest BCUT2D eigenvalue weighted by Gasteiger charge is -2.08. The van der Waals surface area contributed by atoms with Gasteiger partial charge in [0.05, 0.1) is 11.3 Å². The van der Waals surface area contributed by atoms with Crippen LogP contribution >= 0.6 is 38.5 Å². The first kappa shape index (κ1) is 16.0. The molecule has 1 amide bonds. The third-order valence-electron chi connectivity index (χ3n) is 2.88. The Bertz CT molecular complexity index is 699. The molecule has 0 heterocycles. The van der Waals surface area contributed by atoms with E-state index in [0.29, 0.717) is 17.0 Å². The van der Waals surface area contributed by atoms with Gasteiger partial charge >= 0.3 is 0 Å². The van der Waals surface area contributed by atoms with Gasteiger partial charge < -0.3 is 10.5 Å². The highest BCUT2D eigenvalue weighted by molar-refractivity contribution is 14.1. The van der Waals surface area contributed by atoms with Gasteiger partial charge in [0.1, 0.15) is 0 Å². The van der Waals surface area contributed by atoms with Crippen molar-refractivity contribution in [1.29, 1.82) is 0 Å². The summed E-state index contributed by atoms with van der Waals surface area (Å²) in [4.78, 5) is 12.3. The van der Waals surface area contributed by atoms with E-state index in [2.05, 4.69) is 49.0 Å². The van der Waals surface area contributed by atoms with Gasteiger partial charge in [-0.2, -0.15) is 0 Å². The number of hydrogen-bond donors (Lipinski definition) is 2. The van der Waals surface area contributed by atoms with E-state index in [9.17, 15) is 4.79 Å². The van der Waals surface area contributed by atoms with Crippen LogP contribution in [0.4, 0.5) is 5.69 Å². The highest BCUT2D eigenvalue weighted by Crippen LogP contribution is 2.20. The normalized spacial score (nSPS) is 11.3. The van der Waals surface area contributed by atoms with E-state index in [-0.39, 0.29) is 5.91 Å². The van der Waals surface area contributed by atoms with Crippen molar-refractivity contribution in [3.63, 3.8) is 0 Å². The van der Waals surface area contributed by atoms with Gasteiger partial charge in [0.25, 0.3) is 5.91 Å². The van der Waals surface area contributed by atoms with Crippen molar-refractivity contribution in [2.24, 2.45) is 5.16 Å². The molecule has 0 saturated carbocycles. The fourth-order valence-corrected chi connectivity index (χ4v) is 2.66. The van der Waals surface area contributed by atoms with Gasteiger partial charge in [-0.15, -0.1) is 0 Å². The number of halogens is 2. The van der Waals surface area contributed by atoms with Crippen LogP contribution < -0.4 is 5.32 Å². The monoisotopic (exact) mass is 458 g/mol. The number of rotatable bonds is 3. The number of oxime groups is 1. The lowest BCUT2D eigenvalue weighted by atomic mass is 10.1. The number of carbonyl (C=O) groups is 1. The molecule has 0 atom stereocenters. The van der Waals surface area contributed by atoms with E-state index >= 15 is 0 Å². The molecule has 6 heteroatoms. The third kappa shape index (κ3) is 4.04. The minimum Gasteiger partial charge on any atom is -0.411 e. The summed E-state index contributed by atoms with van der Waals surface area (Å²) in [6.07, 6.45) is 0. The molecule has 0 bridgehead atoms. The summed E-state index contributed by atoms with van der Waals surface area (Å²) in [5.41, 5.74) is 2.62. The van der Waals surface area contributed by atoms with Crippen molar-refractivity contribution in [2.75, 3.05) is 5.32 Å². The molecule has 2 rings (SSSR count). The fraction of sp³-hybridized carbons (Fsp3) is 0.0667. The number of nitrogens with zero attached hydrogens (tertiary/aromatic N) is 1. The molecular formula is C15H12BrIN2O2. The van der Waals surface area contributed by atoms with Gasteiger partial charge in [-0.3, -0.25) is 4.79 Å². The Morgan fingerprint density at radius 1 is 1.24 bits per heavy atom. The van der Waals surface area contributed by atoms with Crippen LogP contribution in [0.2, 0.25) is 0 Å². The van der Waals surface area contributed by atoms with Crippen LogP contribution in [0.25, 0.3) is 0 Å². The van der Waals surface area contributed by atoms with Crippen LogP contribution in [0.15, 0.2) is 52.1 Å². The summed E-state index contributed by atoms with van der Waals surface area (Å²) < 4.78 is 1.74. The topological polar surface area (TPSA) is 61.7 Å². The smallest absolute Gasteiger partial charge is 0.256 e. The lowest BCUT2D eigenvalue weighted by Crippen LogP contribution is -2.13. The second-order valence-electron chi connectivity index (χ2n) is 4.34. The first-order valence-corrected chi connectivity index (χ1v) is 7.94. The number of nitrogens with one attached hydrogen (secondary N) is 1. The van der Waals surface area contributed by atoms with Crippen LogP contribution in [0, 0.1) is 3.57 Å². The zero-order valence-electron chi connectivity index (χ0n) is 11.1. The molecule has 0 aliphatic rings. The summed E-state index contributed by atoms with van der Waals surface area (Å²) in [7, 11) is 0. The Balaban J connectivity index is 2.18. The van der Waals surface area contributed by atoms with Crippen LogP contribution in [-0.2, 0) is 0 Å². The van der Waals surface area contributed by atoms with Crippen molar-refractivity contribution in [3.05, 3.63) is 61.6 Å². The molecule has 0 aliphatic carbocycles. The van der Waals surface area contributed by atoms with Gasteiger partial charge in [0.2, 0.25) is 0 Å². The molecular weight excluding hydrogens is 447 g/mol. The largest absolute Gasteiger partial charge is 0.411 e. The van der Waals surface area contributed by atoms with E-state index in [0.717, 1.165) is 13.6 Å². The van der Waals surface area contributed by atoms with E-state index < -0.39 is 0 Å². The Morgan fingerprint density at radius 3 is 2.52 bits per heavy atom. The Hall–Kier alpha value is -1.41. The molecule has 2 aromatic carbocycles. The average Bonchev–Trinajstić information content (AvgIpc) is 2.49. The first-order chi connectivity index (χ1) is 10.0. The minimum atomic E-state index is -0.166. The quantitative estimate of drug-likeness (QED) is 0.308. The molecule has 0 unspecified atom stereocenters. The zero-order valence-corrected chi connectivity index (χ0v) is 14.8. The molecule has 0 saturated heterocycles. The van der Waals surface area contributed by atoms with Crippen molar-refractivity contribution < 1.29 is 10.0 Å². The van der Waals surface area contributed by atoms with Crippen LogP contribution in [0.3, 0.4) is 0 Å². The van der Waals surface area contributed by atoms with Gasteiger partial charge in [-0.25, -0.2) is 0 Å². The number of anilines is 1. The number of hydrogen-bond acceptors (Lipinski definition) is 3. The fourth-order valence-electron chi connectivity index (χ4n) is 1.72. The molecule has 0 aliphatic heterocycles. The van der Waals surface area contributed by atoms with Gasteiger partial charge in [-0.1, -0.05) is 33.2 Å². The average molecular weight is 459 g/mol. The molecule has 0 spiro atoms. The van der Waals surface area contributed by atoms with Gasteiger partial charge in [0, 0.05) is 13.7 Å². The summed E-state index contributed by atoms with van der Waals surface area (Å²) in [6, 6.07) is 12.7. The number of carbonyl (C=O) groups excluding carboxylic acids is 1. The lowest BCUT2D eigenvalue weighted by molar-refractivity contribution is 0.102. The first-order valence-electron chi connectivity index (χ1n) is 6.07. The highest BCUT2D eigenvalue weighted by Gasteiger charge is 2.11. The SMILES string of the molecule is C/C(=N/O)c1ccc(NC(=O)c2cc(Br)ccc2I)cc1. The summed E-state index contributed by atoms with van der Waals surface area (Å²) in [5.74, 6) is -0.166.